The van der Waals surface area contributed by atoms with Gasteiger partial charge in [-0.05, 0) is 23.3 Å². The summed E-state index contributed by atoms with van der Waals surface area (Å²) < 4.78 is 5.11. The van der Waals surface area contributed by atoms with Gasteiger partial charge in [-0.25, -0.2) is 14.6 Å². The summed E-state index contributed by atoms with van der Waals surface area (Å²) in [5.41, 5.74) is 1.35. The molecule has 1 amide bonds. The van der Waals surface area contributed by atoms with Crippen molar-refractivity contribution in [3.05, 3.63) is 70.9 Å². The van der Waals surface area contributed by atoms with Crippen LogP contribution in [-0.2, 0) is 11.3 Å². The van der Waals surface area contributed by atoms with Gasteiger partial charge < -0.3 is 9.84 Å². The van der Waals surface area contributed by atoms with E-state index in [1.165, 1.54) is 0 Å². The maximum atomic E-state index is 11.9. The molecule has 2 N–H and O–H groups in total. The molecule has 0 spiro atoms. The van der Waals surface area contributed by atoms with E-state index in [0.29, 0.717) is 15.5 Å². The van der Waals surface area contributed by atoms with Crippen molar-refractivity contribution in [3.8, 4) is 10.4 Å². The number of halogens is 1. The highest BCUT2D eigenvalue weighted by atomic mass is 35.5. The Kier molecular flexibility index (Phi) is 5.50. The van der Waals surface area contributed by atoms with Gasteiger partial charge in [0.15, 0.2) is 10.8 Å². The van der Waals surface area contributed by atoms with Crippen molar-refractivity contribution in [2.45, 2.75) is 6.61 Å². The Hall–Kier alpha value is -2.90. The molecule has 1 aromatic heterocycles. The lowest BCUT2D eigenvalue weighted by Crippen LogP contribution is -2.13. The molecule has 0 atom stereocenters. The van der Waals surface area contributed by atoms with Crippen LogP contribution in [0.1, 0.15) is 16.1 Å². The van der Waals surface area contributed by atoms with Crippen LogP contribution in [0.2, 0.25) is 5.02 Å². The lowest BCUT2D eigenvalue weighted by atomic mass is 10.1. The molecule has 0 radical (unpaired) electrons. The first-order valence-electron chi connectivity index (χ1n) is 7.50. The molecule has 8 heteroatoms. The average molecular weight is 389 g/mol. The van der Waals surface area contributed by atoms with Crippen molar-refractivity contribution in [1.82, 2.24) is 4.98 Å². The molecule has 3 rings (SSSR count). The van der Waals surface area contributed by atoms with E-state index in [0.717, 1.165) is 16.9 Å². The smallest absolute Gasteiger partial charge is 0.413 e. The fourth-order valence-electron chi connectivity index (χ4n) is 2.16. The van der Waals surface area contributed by atoms with Gasteiger partial charge in [0.2, 0.25) is 0 Å². The summed E-state index contributed by atoms with van der Waals surface area (Å²) in [7, 11) is 0. The number of anilines is 1. The number of hydrogen-bond donors (Lipinski definition) is 2. The molecule has 0 bridgehead atoms. The summed E-state index contributed by atoms with van der Waals surface area (Å²) in [6.07, 6.45) is -0.706. The quantitative estimate of drug-likeness (QED) is 0.648. The first-order valence-corrected chi connectivity index (χ1v) is 8.70. The van der Waals surface area contributed by atoms with Gasteiger partial charge in [-0.2, -0.15) is 0 Å². The zero-order valence-electron chi connectivity index (χ0n) is 13.3. The van der Waals surface area contributed by atoms with E-state index in [1.54, 1.807) is 24.3 Å². The Morgan fingerprint density at radius 2 is 1.81 bits per heavy atom. The number of carbonyl (C=O) groups excluding carboxylic acids is 1. The molecule has 3 aromatic rings. The van der Waals surface area contributed by atoms with Crippen LogP contribution in [0.25, 0.3) is 10.4 Å². The number of ether oxygens (including phenoxy) is 1. The predicted octanol–water partition coefficient (Wildman–Crippen LogP) is 4.91. The van der Waals surface area contributed by atoms with Gasteiger partial charge in [0.1, 0.15) is 6.61 Å². The Labute approximate surface area is 158 Å². The van der Waals surface area contributed by atoms with E-state index >= 15 is 0 Å². The van der Waals surface area contributed by atoms with Gasteiger partial charge in [0, 0.05) is 5.02 Å². The molecule has 0 fully saturated rings. The second kappa shape index (κ2) is 7.99. The van der Waals surface area contributed by atoms with E-state index in [1.807, 2.05) is 30.3 Å². The third kappa shape index (κ3) is 4.38. The molecule has 0 saturated carbocycles. The third-order valence-electron chi connectivity index (χ3n) is 3.36. The van der Waals surface area contributed by atoms with Gasteiger partial charge in [0.25, 0.3) is 0 Å². The normalized spacial score (nSPS) is 10.3. The molecule has 26 heavy (non-hydrogen) atoms. The molecular formula is C18H13ClN2O4S. The number of carboxylic acid groups (broad SMARTS) is 1. The SMILES string of the molecule is O=C(Nc1nc(C(=O)O)c(-c2ccc(Cl)cc2)s1)OCc1ccccc1. The molecule has 0 aliphatic rings. The summed E-state index contributed by atoms with van der Waals surface area (Å²) in [6.45, 7) is 0.105. The summed E-state index contributed by atoms with van der Waals surface area (Å²) in [6, 6.07) is 15.9. The Balaban J connectivity index is 1.74. The van der Waals surface area contributed by atoms with Gasteiger partial charge >= 0.3 is 12.1 Å². The number of thiazole rings is 1. The number of carboxylic acids is 1. The standard InChI is InChI=1S/C18H13ClN2O4S/c19-13-8-6-12(7-9-13)15-14(16(22)23)20-17(26-15)21-18(24)25-10-11-4-2-1-3-5-11/h1-9H,10H2,(H,22,23)(H,20,21,24). The highest BCUT2D eigenvalue weighted by Crippen LogP contribution is 2.33. The number of aromatic nitrogens is 1. The minimum absolute atomic E-state index is 0.105. The number of rotatable bonds is 5. The van der Waals surface area contributed by atoms with Crippen LogP contribution in [0.15, 0.2) is 54.6 Å². The van der Waals surface area contributed by atoms with Crippen LogP contribution in [0.3, 0.4) is 0 Å². The number of hydrogen-bond acceptors (Lipinski definition) is 5. The number of amides is 1. The van der Waals surface area contributed by atoms with E-state index in [2.05, 4.69) is 10.3 Å². The van der Waals surface area contributed by atoms with Gasteiger partial charge in [-0.3, -0.25) is 5.32 Å². The summed E-state index contributed by atoms with van der Waals surface area (Å²) >= 11 is 6.91. The molecule has 6 nitrogen and oxygen atoms in total. The molecule has 0 saturated heterocycles. The molecular weight excluding hydrogens is 376 g/mol. The third-order valence-corrected chi connectivity index (χ3v) is 4.63. The van der Waals surface area contributed by atoms with Crippen molar-refractivity contribution in [2.75, 3.05) is 5.32 Å². The highest BCUT2D eigenvalue weighted by Gasteiger charge is 2.20. The van der Waals surface area contributed by atoms with E-state index < -0.39 is 12.1 Å². The van der Waals surface area contributed by atoms with E-state index in [9.17, 15) is 14.7 Å². The van der Waals surface area contributed by atoms with Crippen LogP contribution < -0.4 is 5.32 Å². The molecule has 2 aromatic carbocycles. The molecule has 132 valence electrons. The number of aromatic carboxylic acids is 1. The van der Waals surface area contributed by atoms with Crippen LogP contribution in [0, 0.1) is 0 Å². The zero-order chi connectivity index (χ0) is 18.5. The summed E-state index contributed by atoms with van der Waals surface area (Å²) in [5, 5.41) is 12.5. The Morgan fingerprint density at radius 3 is 2.46 bits per heavy atom. The molecule has 0 aliphatic heterocycles. The monoisotopic (exact) mass is 388 g/mol. The summed E-state index contributed by atoms with van der Waals surface area (Å²) in [4.78, 5) is 27.8. The van der Waals surface area contributed by atoms with E-state index in [4.69, 9.17) is 16.3 Å². The second-order valence-corrected chi connectivity index (χ2v) is 6.63. The van der Waals surface area contributed by atoms with Gasteiger partial charge in [0.05, 0.1) is 4.88 Å². The second-order valence-electron chi connectivity index (χ2n) is 5.20. The predicted molar refractivity (Wildman–Crippen MR) is 99.8 cm³/mol. The fourth-order valence-corrected chi connectivity index (χ4v) is 3.24. The number of benzene rings is 2. The minimum Gasteiger partial charge on any atom is -0.476 e. The van der Waals surface area contributed by atoms with Gasteiger partial charge in [-0.1, -0.05) is 65.4 Å². The first kappa shape index (κ1) is 17.9. The maximum absolute atomic E-state index is 11.9. The van der Waals surface area contributed by atoms with Crippen molar-refractivity contribution < 1.29 is 19.4 Å². The topological polar surface area (TPSA) is 88.5 Å². The number of carbonyl (C=O) groups is 2. The lowest BCUT2D eigenvalue weighted by Gasteiger charge is -2.04. The number of nitrogens with one attached hydrogen (secondary N) is 1. The fraction of sp³-hybridized carbons (Fsp3) is 0.0556. The van der Waals surface area contributed by atoms with Crippen molar-refractivity contribution in [1.29, 1.82) is 0 Å². The summed E-state index contributed by atoms with van der Waals surface area (Å²) in [5.74, 6) is -1.18. The van der Waals surface area contributed by atoms with Crippen LogP contribution in [-0.4, -0.2) is 22.2 Å². The van der Waals surface area contributed by atoms with Crippen molar-refractivity contribution in [2.24, 2.45) is 0 Å². The van der Waals surface area contributed by atoms with Crippen molar-refractivity contribution >= 4 is 40.1 Å². The van der Waals surface area contributed by atoms with Crippen LogP contribution in [0.4, 0.5) is 9.93 Å². The molecule has 1 heterocycles. The zero-order valence-corrected chi connectivity index (χ0v) is 14.9. The molecule has 0 aliphatic carbocycles. The first-order chi connectivity index (χ1) is 12.5. The number of nitrogens with zero attached hydrogens (tertiary/aromatic N) is 1. The minimum atomic E-state index is -1.18. The van der Waals surface area contributed by atoms with E-state index in [-0.39, 0.29) is 17.4 Å². The highest BCUT2D eigenvalue weighted by molar-refractivity contribution is 7.19. The van der Waals surface area contributed by atoms with Crippen LogP contribution >= 0.6 is 22.9 Å². The Bertz CT molecular complexity index is 926. The molecule has 0 unspecified atom stereocenters. The largest absolute Gasteiger partial charge is 0.476 e. The van der Waals surface area contributed by atoms with Gasteiger partial charge in [-0.15, -0.1) is 0 Å². The lowest BCUT2D eigenvalue weighted by molar-refractivity contribution is 0.0692. The van der Waals surface area contributed by atoms with Crippen LogP contribution in [0.5, 0.6) is 0 Å². The average Bonchev–Trinajstić information content (AvgIpc) is 3.05. The maximum Gasteiger partial charge on any atom is 0.413 e. The Morgan fingerprint density at radius 1 is 1.12 bits per heavy atom. The van der Waals surface area contributed by atoms with Crippen molar-refractivity contribution in [3.63, 3.8) is 0 Å².